The zero-order chi connectivity index (χ0) is 22.7. The van der Waals surface area contributed by atoms with Crippen LogP contribution in [0.15, 0.2) is 90.4 Å². The predicted molar refractivity (Wildman–Crippen MR) is 128 cm³/mol. The van der Waals surface area contributed by atoms with E-state index in [2.05, 4.69) is 10.4 Å². The SMILES string of the molecule is Cn1cc(-c2ccc(S(=O)(=O)n3ccc(/C=C/C(=O)Nc4ccccc4[AsH2])c3)cc2)cn1. The summed E-state index contributed by atoms with van der Waals surface area (Å²) in [6.45, 7) is 0. The van der Waals surface area contributed by atoms with Crippen LogP contribution < -0.4 is 9.67 Å². The molecule has 9 heteroatoms. The summed E-state index contributed by atoms with van der Waals surface area (Å²) in [6.07, 6.45) is 9.50. The Kier molecular flexibility index (Phi) is 6.16. The van der Waals surface area contributed by atoms with E-state index in [1.165, 1.54) is 35.3 Å². The minimum absolute atomic E-state index is 0.176. The molecular weight excluding hydrogens is 487 g/mol. The molecule has 1 atom stereocenters. The first-order valence-corrected chi connectivity index (χ1v) is 12.3. The van der Waals surface area contributed by atoms with Crippen LogP contribution in [0.5, 0.6) is 0 Å². The molecule has 0 aliphatic carbocycles. The number of carbonyl (C=O) groups is 1. The second-order valence-corrected chi connectivity index (χ2v) is 10.3. The van der Waals surface area contributed by atoms with E-state index in [0.29, 0.717) is 5.56 Å². The fourth-order valence-corrected chi connectivity index (χ4v) is 4.90. The second-order valence-electron chi connectivity index (χ2n) is 7.12. The van der Waals surface area contributed by atoms with Gasteiger partial charge in [0.05, 0.1) is 6.20 Å². The summed E-state index contributed by atoms with van der Waals surface area (Å²) in [6, 6.07) is 15.8. The molecule has 2 aromatic carbocycles. The van der Waals surface area contributed by atoms with Gasteiger partial charge >= 0.3 is 143 Å². The Morgan fingerprint density at radius 2 is 1.78 bits per heavy atom. The third-order valence-electron chi connectivity index (χ3n) is 4.80. The van der Waals surface area contributed by atoms with Gasteiger partial charge in [0.15, 0.2) is 0 Å². The smallest absolute Gasteiger partial charge is 0.181 e. The second kappa shape index (κ2) is 9.02. The fraction of sp³-hybridized carbons (Fsp3) is 0.0435. The molecule has 4 aromatic rings. The molecule has 0 spiro atoms. The molecule has 0 saturated heterocycles. The number of amides is 1. The van der Waals surface area contributed by atoms with Gasteiger partial charge in [0.25, 0.3) is 0 Å². The number of carbonyl (C=O) groups excluding carboxylic acids is 1. The molecule has 32 heavy (non-hydrogen) atoms. The van der Waals surface area contributed by atoms with Crippen LogP contribution in [0.25, 0.3) is 17.2 Å². The summed E-state index contributed by atoms with van der Waals surface area (Å²) in [5.74, 6) is -0.281. The minimum atomic E-state index is -3.74. The van der Waals surface area contributed by atoms with E-state index >= 15 is 0 Å². The van der Waals surface area contributed by atoms with Crippen molar-refractivity contribution in [3.05, 3.63) is 91.0 Å². The number of anilines is 1. The van der Waals surface area contributed by atoms with Gasteiger partial charge in [-0.2, -0.15) is 5.10 Å². The topological polar surface area (TPSA) is 86.0 Å². The van der Waals surface area contributed by atoms with Crippen LogP contribution in [0, 0.1) is 0 Å². The standard InChI is InChI=1S/C23H21AsN4O3S/c1-27-16-19(14-25-27)18-7-9-20(10-8-18)32(30,31)28-13-12-17(15-28)6-11-23(29)26-22-5-3-2-4-21(22)24/h2-16H,24H2,1H3,(H,26,29)/b11-6+. The van der Waals surface area contributed by atoms with E-state index in [0.717, 1.165) is 25.1 Å². The van der Waals surface area contributed by atoms with E-state index in [-0.39, 0.29) is 10.8 Å². The van der Waals surface area contributed by atoms with Gasteiger partial charge in [0, 0.05) is 18.8 Å². The van der Waals surface area contributed by atoms with Gasteiger partial charge in [-0.3, -0.25) is 4.68 Å². The molecule has 1 amide bonds. The summed E-state index contributed by atoms with van der Waals surface area (Å²) in [7, 11) is -1.91. The molecule has 0 bridgehead atoms. The molecule has 162 valence electrons. The number of aryl methyl sites for hydroxylation is 1. The van der Waals surface area contributed by atoms with Gasteiger partial charge in [-0.15, -0.1) is 0 Å². The molecule has 0 aliphatic heterocycles. The van der Waals surface area contributed by atoms with Gasteiger partial charge in [-0.1, -0.05) is 12.1 Å². The minimum Gasteiger partial charge on any atom is -0.181 e. The first kappa shape index (κ1) is 21.9. The van der Waals surface area contributed by atoms with Crippen LogP contribution in [0.1, 0.15) is 5.56 Å². The van der Waals surface area contributed by atoms with Crippen molar-refractivity contribution >= 4 is 48.9 Å². The van der Waals surface area contributed by atoms with Crippen LogP contribution in [0.3, 0.4) is 0 Å². The normalized spacial score (nSPS) is 11.7. The fourth-order valence-electron chi connectivity index (χ4n) is 3.11. The number of nitrogens with one attached hydrogen (secondary N) is 1. The summed E-state index contributed by atoms with van der Waals surface area (Å²) in [5.41, 5.74) is 3.16. The number of para-hydroxylation sites is 1. The molecule has 1 N–H and O–H groups in total. The summed E-state index contributed by atoms with van der Waals surface area (Å²) in [5, 5.41) is 6.95. The van der Waals surface area contributed by atoms with Crippen molar-refractivity contribution in [2.24, 2.45) is 7.05 Å². The summed E-state index contributed by atoms with van der Waals surface area (Å²) in [4.78, 5) is 12.4. The Morgan fingerprint density at radius 3 is 2.47 bits per heavy atom. The van der Waals surface area contributed by atoms with Crippen LogP contribution >= 0.6 is 0 Å². The molecule has 4 rings (SSSR count). The molecule has 1 unspecified atom stereocenters. The van der Waals surface area contributed by atoms with Gasteiger partial charge in [0.1, 0.15) is 0 Å². The predicted octanol–water partition coefficient (Wildman–Crippen LogP) is 2.04. The summed E-state index contributed by atoms with van der Waals surface area (Å²) >= 11 is 1.42. The van der Waals surface area contributed by atoms with Crippen molar-refractivity contribution in [2.45, 2.75) is 4.90 Å². The Bertz CT molecular complexity index is 1400. The van der Waals surface area contributed by atoms with Crippen LogP contribution in [0.4, 0.5) is 5.69 Å². The van der Waals surface area contributed by atoms with E-state index in [1.807, 2.05) is 37.5 Å². The zero-order valence-electron chi connectivity index (χ0n) is 17.2. The molecule has 0 radical (unpaired) electrons. The molecule has 0 saturated carbocycles. The van der Waals surface area contributed by atoms with Crippen molar-refractivity contribution in [1.29, 1.82) is 0 Å². The van der Waals surface area contributed by atoms with Crippen LogP contribution in [-0.4, -0.2) is 44.9 Å². The van der Waals surface area contributed by atoms with E-state index in [9.17, 15) is 13.2 Å². The molecule has 2 heterocycles. The number of benzene rings is 2. The van der Waals surface area contributed by atoms with Gasteiger partial charge in [0.2, 0.25) is 0 Å². The quantitative estimate of drug-likeness (QED) is 0.319. The van der Waals surface area contributed by atoms with Crippen LogP contribution in [0.2, 0.25) is 0 Å². The molecular formula is C23H21AsN4O3S. The van der Waals surface area contributed by atoms with Gasteiger partial charge in [-0.05, 0) is 5.56 Å². The number of nitrogens with zero attached hydrogens (tertiary/aromatic N) is 3. The number of rotatable bonds is 6. The zero-order valence-corrected chi connectivity index (χ0v) is 20.5. The van der Waals surface area contributed by atoms with Crippen molar-refractivity contribution in [1.82, 2.24) is 13.8 Å². The number of hydrogen-bond donors (Lipinski definition) is 1. The van der Waals surface area contributed by atoms with Crippen LogP contribution in [-0.2, 0) is 21.9 Å². The first-order valence-electron chi connectivity index (χ1n) is 9.69. The van der Waals surface area contributed by atoms with E-state index in [1.54, 1.807) is 47.3 Å². The molecule has 0 aliphatic rings. The number of hydrogen-bond acceptors (Lipinski definition) is 4. The van der Waals surface area contributed by atoms with Crippen molar-refractivity contribution in [3.63, 3.8) is 0 Å². The van der Waals surface area contributed by atoms with E-state index in [4.69, 9.17) is 0 Å². The Morgan fingerprint density at radius 1 is 1.03 bits per heavy atom. The van der Waals surface area contributed by atoms with Gasteiger partial charge in [-0.25, -0.2) is 0 Å². The van der Waals surface area contributed by atoms with Crippen molar-refractivity contribution in [3.8, 4) is 11.1 Å². The van der Waals surface area contributed by atoms with Crippen molar-refractivity contribution in [2.75, 3.05) is 5.32 Å². The Hall–Kier alpha value is -3.35. The Balaban J connectivity index is 1.48. The maximum absolute atomic E-state index is 13.0. The molecule has 7 nitrogen and oxygen atoms in total. The maximum atomic E-state index is 13.0. The summed E-state index contributed by atoms with van der Waals surface area (Å²) < 4.78 is 29.8. The average molecular weight is 508 g/mol. The average Bonchev–Trinajstić information content (AvgIpc) is 3.44. The first-order chi connectivity index (χ1) is 15.3. The third kappa shape index (κ3) is 4.77. The molecule has 2 aromatic heterocycles. The Labute approximate surface area is 194 Å². The van der Waals surface area contributed by atoms with Crippen molar-refractivity contribution < 1.29 is 13.2 Å². The molecule has 0 fully saturated rings. The van der Waals surface area contributed by atoms with Gasteiger partial charge < -0.3 is 0 Å². The van der Waals surface area contributed by atoms with E-state index < -0.39 is 10.0 Å². The monoisotopic (exact) mass is 508 g/mol. The third-order valence-corrected chi connectivity index (χ3v) is 7.51. The number of aromatic nitrogens is 3.